The highest BCUT2D eigenvalue weighted by molar-refractivity contribution is 7.98. The number of thioether (sulfide) groups is 1. The first-order chi connectivity index (χ1) is 12.2. The summed E-state index contributed by atoms with van der Waals surface area (Å²) in [6.45, 7) is 0.290. The smallest absolute Gasteiger partial charge is 0.329 e. The van der Waals surface area contributed by atoms with E-state index in [0.29, 0.717) is 17.5 Å². The standard InChI is InChI=1S/C14H16N4O6S/c19-11(20)6-22-10-5-24-12-9(4-23-13(10)12)18-14(15-16-17-18)25-7-8-2-1-3-21-8/h1-3,9-10,12-13H,4-7H2,(H,19,20)/t9-,10+,12+,13+/m0/s1. The number of rotatable bonds is 7. The van der Waals surface area contributed by atoms with Gasteiger partial charge in [0.2, 0.25) is 5.16 Å². The highest BCUT2D eigenvalue weighted by Crippen LogP contribution is 2.36. The topological polar surface area (TPSA) is 122 Å². The van der Waals surface area contributed by atoms with Gasteiger partial charge in [0.1, 0.15) is 36.7 Å². The largest absolute Gasteiger partial charge is 0.480 e. The number of carboxylic acid groups (broad SMARTS) is 1. The summed E-state index contributed by atoms with van der Waals surface area (Å²) in [5.41, 5.74) is 0. The molecule has 2 saturated heterocycles. The lowest BCUT2D eigenvalue weighted by Gasteiger charge is -2.17. The Balaban J connectivity index is 1.42. The van der Waals surface area contributed by atoms with Crippen molar-refractivity contribution in [2.45, 2.75) is 35.3 Å². The Bertz CT molecular complexity index is 723. The van der Waals surface area contributed by atoms with Crippen molar-refractivity contribution in [3.8, 4) is 0 Å². The van der Waals surface area contributed by atoms with Crippen LogP contribution in [-0.2, 0) is 24.8 Å². The lowest BCUT2D eigenvalue weighted by atomic mass is 10.1. The molecular formula is C14H16N4O6S. The molecule has 4 rings (SSSR count). The van der Waals surface area contributed by atoms with E-state index in [2.05, 4.69) is 15.5 Å². The summed E-state index contributed by atoms with van der Waals surface area (Å²) < 4.78 is 23.9. The van der Waals surface area contributed by atoms with Crippen LogP contribution in [0.3, 0.4) is 0 Å². The van der Waals surface area contributed by atoms with Crippen molar-refractivity contribution in [1.82, 2.24) is 20.2 Å². The molecule has 11 heteroatoms. The second kappa shape index (κ2) is 7.12. The van der Waals surface area contributed by atoms with Crippen molar-refractivity contribution in [2.75, 3.05) is 19.8 Å². The van der Waals surface area contributed by atoms with Crippen molar-refractivity contribution in [3.63, 3.8) is 0 Å². The zero-order valence-corrected chi connectivity index (χ0v) is 13.9. The van der Waals surface area contributed by atoms with E-state index in [0.717, 1.165) is 5.76 Å². The van der Waals surface area contributed by atoms with Crippen molar-refractivity contribution >= 4 is 17.7 Å². The molecule has 2 aliphatic heterocycles. The van der Waals surface area contributed by atoms with Gasteiger partial charge < -0.3 is 23.7 Å². The second-order valence-corrected chi connectivity index (χ2v) is 6.62. The molecule has 0 amide bonds. The number of hydrogen-bond donors (Lipinski definition) is 1. The van der Waals surface area contributed by atoms with Crippen LogP contribution >= 0.6 is 11.8 Å². The summed E-state index contributed by atoms with van der Waals surface area (Å²) in [4.78, 5) is 10.7. The lowest BCUT2D eigenvalue weighted by molar-refractivity contribution is -0.146. The monoisotopic (exact) mass is 368 g/mol. The number of carboxylic acids is 1. The summed E-state index contributed by atoms with van der Waals surface area (Å²) in [5.74, 6) is 0.426. The summed E-state index contributed by atoms with van der Waals surface area (Å²) in [6, 6.07) is 3.54. The molecule has 134 valence electrons. The Morgan fingerprint density at radius 1 is 1.40 bits per heavy atom. The van der Waals surface area contributed by atoms with E-state index in [9.17, 15) is 4.79 Å². The average molecular weight is 368 g/mol. The van der Waals surface area contributed by atoms with Gasteiger partial charge in [-0.25, -0.2) is 9.48 Å². The van der Waals surface area contributed by atoms with Crippen LogP contribution in [-0.4, -0.2) is 69.4 Å². The Kier molecular flexibility index (Phi) is 4.70. The molecule has 25 heavy (non-hydrogen) atoms. The van der Waals surface area contributed by atoms with Gasteiger partial charge in [-0.1, -0.05) is 11.8 Å². The van der Waals surface area contributed by atoms with E-state index in [1.807, 2.05) is 12.1 Å². The molecule has 1 N–H and O–H groups in total. The lowest BCUT2D eigenvalue weighted by Crippen LogP contribution is -2.33. The molecule has 2 aliphatic rings. The molecule has 4 atom stereocenters. The Hall–Kier alpha value is -1.95. The number of fused-ring (bicyclic) bond motifs is 1. The summed E-state index contributed by atoms with van der Waals surface area (Å²) in [6.07, 6.45) is 0.626. The minimum absolute atomic E-state index is 0.183. The summed E-state index contributed by atoms with van der Waals surface area (Å²) in [7, 11) is 0. The number of ether oxygens (including phenoxy) is 3. The van der Waals surface area contributed by atoms with E-state index < -0.39 is 12.1 Å². The molecule has 0 aliphatic carbocycles. The van der Waals surface area contributed by atoms with E-state index in [-0.39, 0.29) is 31.5 Å². The fourth-order valence-corrected chi connectivity index (χ4v) is 3.83. The van der Waals surface area contributed by atoms with Crippen LogP contribution in [0.4, 0.5) is 0 Å². The molecule has 0 radical (unpaired) electrons. The van der Waals surface area contributed by atoms with E-state index in [4.69, 9.17) is 23.7 Å². The predicted octanol–water partition coefficient (Wildman–Crippen LogP) is 0.367. The van der Waals surface area contributed by atoms with Gasteiger partial charge in [0.15, 0.2) is 0 Å². The fraction of sp³-hybridized carbons (Fsp3) is 0.571. The highest BCUT2D eigenvalue weighted by Gasteiger charge is 2.50. The predicted molar refractivity (Wildman–Crippen MR) is 82.0 cm³/mol. The summed E-state index contributed by atoms with van der Waals surface area (Å²) in [5, 5.41) is 21.3. The third-order valence-corrected chi connectivity index (χ3v) is 5.06. The molecule has 0 spiro atoms. The minimum Gasteiger partial charge on any atom is -0.480 e. The Morgan fingerprint density at radius 3 is 3.08 bits per heavy atom. The van der Waals surface area contributed by atoms with Gasteiger partial charge in [0, 0.05) is 0 Å². The van der Waals surface area contributed by atoms with Gasteiger partial charge in [0.25, 0.3) is 0 Å². The van der Waals surface area contributed by atoms with E-state index in [1.54, 1.807) is 10.9 Å². The van der Waals surface area contributed by atoms with Gasteiger partial charge in [0.05, 0.1) is 25.2 Å². The SMILES string of the molecule is O=C(O)CO[C@@H]1CO[C@H]2[C@@H]1OC[C@@H]2n1nnnc1SCc1ccco1. The van der Waals surface area contributed by atoms with Gasteiger partial charge >= 0.3 is 5.97 Å². The van der Waals surface area contributed by atoms with E-state index >= 15 is 0 Å². The maximum atomic E-state index is 10.7. The maximum absolute atomic E-state index is 10.7. The van der Waals surface area contributed by atoms with Crippen molar-refractivity contribution in [3.05, 3.63) is 24.2 Å². The molecule has 2 aromatic heterocycles. The van der Waals surface area contributed by atoms with Crippen LogP contribution in [0.15, 0.2) is 28.0 Å². The first kappa shape index (κ1) is 16.5. The fourth-order valence-electron chi connectivity index (χ4n) is 2.99. The number of aromatic nitrogens is 4. The second-order valence-electron chi connectivity index (χ2n) is 5.68. The van der Waals surface area contributed by atoms with Gasteiger partial charge in [-0.2, -0.15) is 0 Å². The molecule has 10 nitrogen and oxygen atoms in total. The maximum Gasteiger partial charge on any atom is 0.329 e. The van der Waals surface area contributed by atoms with Gasteiger partial charge in [-0.3, -0.25) is 0 Å². The first-order valence-corrected chi connectivity index (χ1v) is 8.70. The molecule has 0 aromatic carbocycles. The first-order valence-electron chi connectivity index (χ1n) is 7.72. The number of tetrazole rings is 1. The van der Waals surface area contributed by atoms with Gasteiger partial charge in [-0.15, -0.1) is 5.10 Å². The van der Waals surface area contributed by atoms with Gasteiger partial charge in [-0.05, 0) is 22.6 Å². The molecule has 4 heterocycles. The summed E-state index contributed by atoms with van der Waals surface area (Å²) >= 11 is 1.46. The van der Waals surface area contributed by atoms with Crippen LogP contribution in [0, 0.1) is 0 Å². The van der Waals surface area contributed by atoms with Crippen molar-refractivity contribution in [2.24, 2.45) is 0 Å². The number of hydrogen-bond acceptors (Lipinski definition) is 9. The number of nitrogens with zero attached hydrogens (tertiary/aromatic N) is 4. The van der Waals surface area contributed by atoms with Crippen LogP contribution in [0.2, 0.25) is 0 Å². The average Bonchev–Trinajstić information content (AvgIpc) is 3.34. The number of aliphatic carboxylic acids is 1. The number of carbonyl (C=O) groups is 1. The molecule has 0 saturated carbocycles. The molecule has 0 bridgehead atoms. The third-order valence-electron chi connectivity index (χ3n) is 4.10. The quantitative estimate of drug-likeness (QED) is 0.686. The van der Waals surface area contributed by atoms with Crippen LogP contribution < -0.4 is 0 Å². The zero-order chi connectivity index (χ0) is 17.2. The van der Waals surface area contributed by atoms with Crippen LogP contribution in [0.5, 0.6) is 0 Å². The third kappa shape index (κ3) is 3.40. The Labute approximate surface area is 146 Å². The molecule has 0 unspecified atom stereocenters. The van der Waals surface area contributed by atoms with Crippen molar-refractivity contribution in [1.29, 1.82) is 0 Å². The highest BCUT2D eigenvalue weighted by atomic mass is 32.2. The Morgan fingerprint density at radius 2 is 2.28 bits per heavy atom. The zero-order valence-electron chi connectivity index (χ0n) is 13.1. The van der Waals surface area contributed by atoms with E-state index in [1.165, 1.54) is 11.8 Å². The van der Waals surface area contributed by atoms with Crippen LogP contribution in [0.25, 0.3) is 0 Å². The minimum atomic E-state index is -1.02. The van der Waals surface area contributed by atoms with Crippen LogP contribution in [0.1, 0.15) is 11.8 Å². The number of furan rings is 1. The molecule has 2 aromatic rings. The molecule has 2 fully saturated rings. The normalized spacial score (nSPS) is 28.3. The molecular weight excluding hydrogens is 352 g/mol. The van der Waals surface area contributed by atoms with Crippen molar-refractivity contribution < 1.29 is 28.5 Å².